The molecule has 0 unspecified atom stereocenters. The molecule has 0 aromatic heterocycles. The molecule has 4 nitrogen and oxygen atoms in total. The van der Waals surface area contributed by atoms with E-state index in [-0.39, 0.29) is 11.4 Å². The summed E-state index contributed by atoms with van der Waals surface area (Å²) in [4.78, 5) is 16.9. The topological polar surface area (TPSA) is 35.6 Å². The molecular formula is C15H29N3OS. The van der Waals surface area contributed by atoms with Gasteiger partial charge in [-0.05, 0) is 33.6 Å². The average molecular weight is 299 g/mol. The van der Waals surface area contributed by atoms with Crippen molar-refractivity contribution in [2.75, 3.05) is 44.2 Å². The van der Waals surface area contributed by atoms with E-state index in [0.29, 0.717) is 6.54 Å². The van der Waals surface area contributed by atoms with Crippen LogP contribution in [-0.4, -0.2) is 71.5 Å². The largest absolute Gasteiger partial charge is 0.350 e. The second-order valence-electron chi connectivity index (χ2n) is 6.95. The summed E-state index contributed by atoms with van der Waals surface area (Å²) in [5, 5.41) is 3.05. The summed E-state index contributed by atoms with van der Waals surface area (Å²) in [7, 11) is 0. The van der Waals surface area contributed by atoms with E-state index in [0.717, 1.165) is 19.1 Å². The van der Waals surface area contributed by atoms with Crippen LogP contribution in [0.3, 0.4) is 0 Å². The molecule has 0 spiro atoms. The zero-order valence-electron chi connectivity index (χ0n) is 13.2. The van der Waals surface area contributed by atoms with Gasteiger partial charge in [0.15, 0.2) is 0 Å². The molecule has 0 saturated carbocycles. The van der Waals surface area contributed by atoms with Gasteiger partial charge in [0.05, 0.1) is 6.54 Å². The van der Waals surface area contributed by atoms with E-state index in [1.54, 1.807) is 0 Å². The number of nitrogens with zero attached hydrogens (tertiary/aromatic N) is 2. The minimum Gasteiger partial charge on any atom is -0.350 e. The molecule has 0 bridgehead atoms. The SMILES string of the molecule is CC(C)(C)NC(=O)CN1CCC(N2CCSCC2)CC1. The van der Waals surface area contributed by atoms with Crippen molar-refractivity contribution >= 4 is 17.7 Å². The molecule has 2 heterocycles. The number of carbonyl (C=O) groups excluding carboxylic acids is 1. The highest BCUT2D eigenvalue weighted by molar-refractivity contribution is 7.99. The Morgan fingerprint density at radius 3 is 2.30 bits per heavy atom. The first kappa shape index (κ1) is 16.1. The van der Waals surface area contributed by atoms with Crippen molar-refractivity contribution in [3.05, 3.63) is 0 Å². The summed E-state index contributed by atoms with van der Waals surface area (Å²) >= 11 is 2.07. The van der Waals surface area contributed by atoms with E-state index >= 15 is 0 Å². The van der Waals surface area contributed by atoms with Crippen LogP contribution in [0.15, 0.2) is 0 Å². The minimum atomic E-state index is -0.124. The van der Waals surface area contributed by atoms with Crippen LogP contribution in [0.2, 0.25) is 0 Å². The second-order valence-corrected chi connectivity index (χ2v) is 8.18. The lowest BCUT2D eigenvalue weighted by Gasteiger charge is -2.40. The van der Waals surface area contributed by atoms with Crippen LogP contribution in [0, 0.1) is 0 Å². The predicted molar refractivity (Wildman–Crippen MR) is 86.3 cm³/mol. The Kier molecular flexibility index (Phi) is 5.75. The quantitative estimate of drug-likeness (QED) is 0.855. The van der Waals surface area contributed by atoms with Gasteiger partial charge in [0, 0.05) is 49.3 Å². The van der Waals surface area contributed by atoms with Gasteiger partial charge in [0.1, 0.15) is 0 Å². The molecule has 1 amide bonds. The van der Waals surface area contributed by atoms with Gasteiger partial charge in [-0.3, -0.25) is 14.6 Å². The van der Waals surface area contributed by atoms with Crippen LogP contribution in [0.25, 0.3) is 0 Å². The van der Waals surface area contributed by atoms with Crippen LogP contribution in [0.1, 0.15) is 33.6 Å². The van der Waals surface area contributed by atoms with Gasteiger partial charge >= 0.3 is 0 Å². The van der Waals surface area contributed by atoms with Gasteiger partial charge in [-0.1, -0.05) is 0 Å². The highest BCUT2D eigenvalue weighted by Crippen LogP contribution is 2.20. The van der Waals surface area contributed by atoms with Crippen molar-refractivity contribution in [2.24, 2.45) is 0 Å². The Balaban J connectivity index is 1.70. The fourth-order valence-electron chi connectivity index (χ4n) is 3.05. The third kappa shape index (κ3) is 5.26. The molecule has 2 aliphatic heterocycles. The summed E-state index contributed by atoms with van der Waals surface area (Å²) in [6.45, 7) is 11.3. The Bertz CT molecular complexity index is 316. The van der Waals surface area contributed by atoms with Crippen molar-refractivity contribution < 1.29 is 4.79 Å². The van der Waals surface area contributed by atoms with Crippen LogP contribution >= 0.6 is 11.8 Å². The first-order chi connectivity index (χ1) is 9.44. The highest BCUT2D eigenvalue weighted by atomic mass is 32.2. The van der Waals surface area contributed by atoms with Gasteiger partial charge in [-0.15, -0.1) is 0 Å². The van der Waals surface area contributed by atoms with Crippen molar-refractivity contribution in [3.8, 4) is 0 Å². The van der Waals surface area contributed by atoms with E-state index in [2.05, 4.69) is 26.9 Å². The Morgan fingerprint density at radius 2 is 1.75 bits per heavy atom. The molecule has 20 heavy (non-hydrogen) atoms. The molecule has 0 radical (unpaired) electrons. The molecule has 5 heteroatoms. The maximum absolute atomic E-state index is 11.9. The standard InChI is InChI=1S/C15H29N3OS/c1-15(2,3)16-14(19)12-17-6-4-13(5-7-17)18-8-10-20-11-9-18/h13H,4-12H2,1-3H3,(H,16,19). The van der Waals surface area contributed by atoms with E-state index in [9.17, 15) is 4.79 Å². The summed E-state index contributed by atoms with van der Waals surface area (Å²) < 4.78 is 0. The first-order valence-corrected chi connectivity index (χ1v) is 8.95. The summed E-state index contributed by atoms with van der Waals surface area (Å²) in [5.41, 5.74) is -0.124. The first-order valence-electron chi connectivity index (χ1n) is 7.79. The monoisotopic (exact) mass is 299 g/mol. The molecule has 2 saturated heterocycles. The Morgan fingerprint density at radius 1 is 1.15 bits per heavy atom. The molecule has 0 aliphatic carbocycles. The fraction of sp³-hybridized carbons (Fsp3) is 0.933. The number of piperidine rings is 1. The van der Waals surface area contributed by atoms with Crippen LogP contribution in [-0.2, 0) is 4.79 Å². The van der Waals surface area contributed by atoms with Gasteiger partial charge in [-0.2, -0.15) is 11.8 Å². The zero-order valence-corrected chi connectivity index (χ0v) is 14.0. The van der Waals surface area contributed by atoms with Crippen molar-refractivity contribution in [1.82, 2.24) is 15.1 Å². The summed E-state index contributed by atoms with van der Waals surface area (Å²) in [6, 6.07) is 0.748. The lowest BCUT2D eigenvalue weighted by atomic mass is 10.0. The average Bonchev–Trinajstić information content (AvgIpc) is 2.38. The minimum absolute atomic E-state index is 0.124. The van der Waals surface area contributed by atoms with Crippen molar-refractivity contribution in [3.63, 3.8) is 0 Å². The lowest BCUT2D eigenvalue weighted by molar-refractivity contribution is -0.124. The molecule has 1 N–H and O–H groups in total. The normalized spacial score (nSPS) is 23.8. The van der Waals surface area contributed by atoms with Crippen molar-refractivity contribution in [1.29, 1.82) is 0 Å². The highest BCUT2D eigenvalue weighted by Gasteiger charge is 2.26. The van der Waals surface area contributed by atoms with Crippen LogP contribution < -0.4 is 5.32 Å². The molecule has 0 aromatic rings. The number of thioether (sulfide) groups is 1. The second kappa shape index (κ2) is 7.14. The summed E-state index contributed by atoms with van der Waals surface area (Å²) in [6.07, 6.45) is 2.43. The Hall–Kier alpha value is -0.260. The number of amides is 1. The van der Waals surface area contributed by atoms with E-state index in [1.807, 2.05) is 20.8 Å². The molecule has 2 rings (SSSR count). The third-order valence-electron chi connectivity index (χ3n) is 4.00. The van der Waals surface area contributed by atoms with Gasteiger partial charge in [0.25, 0.3) is 0 Å². The number of hydrogen-bond donors (Lipinski definition) is 1. The summed E-state index contributed by atoms with van der Waals surface area (Å²) in [5.74, 6) is 2.73. The van der Waals surface area contributed by atoms with E-state index in [4.69, 9.17) is 0 Å². The number of likely N-dealkylation sites (tertiary alicyclic amines) is 1. The molecule has 2 fully saturated rings. The number of nitrogens with one attached hydrogen (secondary N) is 1. The molecule has 0 aromatic carbocycles. The van der Waals surface area contributed by atoms with Crippen LogP contribution in [0.4, 0.5) is 0 Å². The lowest BCUT2D eigenvalue weighted by Crippen LogP contribution is -2.51. The molecule has 116 valence electrons. The zero-order chi connectivity index (χ0) is 14.6. The predicted octanol–water partition coefficient (Wildman–Crippen LogP) is 1.41. The van der Waals surface area contributed by atoms with Crippen molar-refractivity contribution in [2.45, 2.75) is 45.2 Å². The Labute approximate surface area is 127 Å². The molecular weight excluding hydrogens is 270 g/mol. The van der Waals surface area contributed by atoms with Crippen LogP contribution in [0.5, 0.6) is 0 Å². The third-order valence-corrected chi connectivity index (χ3v) is 4.94. The molecule has 0 atom stereocenters. The smallest absolute Gasteiger partial charge is 0.234 e. The van der Waals surface area contributed by atoms with Gasteiger partial charge < -0.3 is 5.32 Å². The maximum Gasteiger partial charge on any atom is 0.234 e. The maximum atomic E-state index is 11.9. The number of hydrogen-bond acceptors (Lipinski definition) is 4. The number of carbonyl (C=O) groups is 1. The fourth-order valence-corrected chi connectivity index (χ4v) is 3.98. The van der Waals surface area contributed by atoms with E-state index < -0.39 is 0 Å². The van der Waals surface area contributed by atoms with Gasteiger partial charge in [0.2, 0.25) is 5.91 Å². The van der Waals surface area contributed by atoms with E-state index in [1.165, 1.54) is 37.4 Å². The molecule has 2 aliphatic rings. The van der Waals surface area contributed by atoms with Gasteiger partial charge in [-0.25, -0.2) is 0 Å². The number of rotatable bonds is 3.